The molecule has 0 bridgehead atoms. The van der Waals surface area contributed by atoms with Crippen LogP contribution in [-0.4, -0.2) is 41.6 Å². The van der Waals surface area contributed by atoms with Crippen LogP contribution in [0.15, 0.2) is 65.7 Å². The Hall–Kier alpha value is -2.91. The molecular formula is C25H24F3N3O2S. The lowest BCUT2D eigenvalue weighted by atomic mass is 10.1. The van der Waals surface area contributed by atoms with Crippen molar-refractivity contribution in [3.8, 4) is 22.6 Å². The van der Waals surface area contributed by atoms with Crippen LogP contribution in [-0.2, 0) is 6.18 Å². The highest BCUT2D eigenvalue weighted by Gasteiger charge is 2.30. The van der Waals surface area contributed by atoms with Gasteiger partial charge >= 0.3 is 6.18 Å². The van der Waals surface area contributed by atoms with Crippen LogP contribution in [0.1, 0.15) is 18.4 Å². The van der Waals surface area contributed by atoms with Crippen molar-refractivity contribution in [2.75, 3.05) is 31.6 Å². The van der Waals surface area contributed by atoms with E-state index < -0.39 is 11.7 Å². The van der Waals surface area contributed by atoms with Gasteiger partial charge in [-0.05, 0) is 72.3 Å². The lowest BCUT2D eigenvalue weighted by Gasteiger charge is -2.31. The molecule has 0 aliphatic carbocycles. The summed E-state index contributed by atoms with van der Waals surface area (Å²) in [4.78, 5) is 5.08. The molecule has 2 aliphatic heterocycles. The molecule has 0 amide bonds. The maximum atomic E-state index is 12.7. The molecule has 5 nitrogen and oxygen atoms in total. The van der Waals surface area contributed by atoms with Gasteiger partial charge in [0.15, 0.2) is 11.5 Å². The highest BCUT2D eigenvalue weighted by Crippen LogP contribution is 2.36. The molecular weight excluding hydrogens is 463 g/mol. The lowest BCUT2D eigenvalue weighted by molar-refractivity contribution is -0.137. The highest BCUT2D eigenvalue weighted by molar-refractivity contribution is 7.97. The number of nitrogens with one attached hydrogen (secondary N) is 1. The zero-order valence-electron chi connectivity index (χ0n) is 18.3. The number of hydrogen-bond donors (Lipinski definition) is 1. The van der Waals surface area contributed by atoms with E-state index in [0.717, 1.165) is 65.7 Å². The van der Waals surface area contributed by atoms with Crippen LogP contribution in [0.5, 0.6) is 11.5 Å². The predicted molar refractivity (Wildman–Crippen MR) is 126 cm³/mol. The SMILES string of the molecule is FC(F)(F)c1ccc(NC2CCN(Sc3ccc(-c4ccc5c(c4)OCCO5)cc3)CC2)nc1. The van der Waals surface area contributed by atoms with Gasteiger partial charge in [-0.3, -0.25) is 0 Å². The normalized spacial score (nSPS) is 16.9. The van der Waals surface area contributed by atoms with Gasteiger partial charge in [-0.25, -0.2) is 9.29 Å². The minimum atomic E-state index is -4.36. The molecule has 0 atom stereocenters. The smallest absolute Gasteiger partial charge is 0.417 e. The fraction of sp³-hybridized carbons (Fsp3) is 0.320. The summed E-state index contributed by atoms with van der Waals surface area (Å²) in [6, 6.07) is 17.1. The number of ether oxygens (including phenoxy) is 2. The topological polar surface area (TPSA) is 46.6 Å². The number of hydrogen-bond acceptors (Lipinski definition) is 6. The van der Waals surface area contributed by atoms with Gasteiger partial charge in [0, 0.05) is 30.2 Å². The number of nitrogens with zero attached hydrogens (tertiary/aromatic N) is 2. The third kappa shape index (κ3) is 5.42. The van der Waals surface area contributed by atoms with Crippen LogP contribution >= 0.6 is 11.9 Å². The summed E-state index contributed by atoms with van der Waals surface area (Å²) < 4.78 is 51.7. The molecule has 9 heteroatoms. The number of aromatic nitrogens is 1. The van der Waals surface area contributed by atoms with E-state index in [1.165, 1.54) is 6.07 Å². The van der Waals surface area contributed by atoms with Crippen molar-refractivity contribution in [1.82, 2.24) is 9.29 Å². The quantitative estimate of drug-likeness (QED) is 0.438. The van der Waals surface area contributed by atoms with Crippen molar-refractivity contribution >= 4 is 17.8 Å². The first kappa shape index (κ1) is 22.9. The average Bonchev–Trinajstić information content (AvgIpc) is 2.85. The number of halogens is 3. The van der Waals surface area contributed by atoms with E-state index in [0.29, 0.717) is 19.0 Å². The number of piperidine rings is 1. The summed E-state index contributed by atoms with van der Waals surface area (Å²) in [7, 11) is 0. The van der Waals surface area contributed by atoms with Gasteiger partial charge in [0.05, 0.1) is 5.56 Å². The van der Waals surface area contributed by atoms with Crippen molar-refractivity contribution in [1.29, 1.82) is 0 Å². The van der Waals surface area contributed by atoms with E-state index in [1.807, 2.05) is 18.2 Å². The molecule has 178 valence electrons. The second-order valence-electron chi connectivity index (χ2n) is 8.25. The zero-order valence-corrected chi connectivity index (χ0v) is 19.2. The number of pyridine rings is 1. The lowest BCUT2D eigenvalue weighted by Crippen LogP contribution is -2.35. The summed E-state index contributed by atoms with van der Waals surface area (Å²) >= 11 is 1.72. The summed E-state index contributed by atoms with van der Waals surface area (Å²) in [6.07, 6.45) is -1.70. The fourth-order valence-electron chi connectivity index (χ4n) is 4.03. The first-order valence-corrected chi connectivity index (χ1v) is 11.9. The van der Waals surface area contributed by atoms with Gasteiger partial charge in [0.25, 0.3) is 0 Å². The Kier molecular flexibility index (Phi) is 6.56. The van der Waals surface area contributed by atoms with Crippen molar-refractivity contribution in [3.63, 3.8) is 0 Å². The van der Waals surface area contributed by atoms with Gasteiger partial charge in [-0.1, -0.05) is 18.2 Å². The van der Waals surface area contributed by atoms with E-state index in [2.05, 4.69) is 38.9 Å². The first-order chi connectivity index (χ1) is 16.4. The maximum Gasteiger partial charge on any atom is 0.417 e. The van der Waals surface area contributed by atoms with E-state index in [1.54, 1.807) is 11.9 Å². The van der Waals surface area contributed by atoms with E-state index >= 15 is 0 Å². The van der Waals surface area contributed by atoms with Crippen LogP contribution in [0.25, 0.3) is 11.1 Å². The molecule has 3 heterocycles. The van der Waals surface area contributed by atoms with Crippen molar-refractivity contribution < 1.29 is 22.6 Å². The average molecular weight is 488 g/mol. The molecule has 34 heavy (non-hydrogen) atoms. The molecule has 1 aromatic heterocycles. The Morgan fingerprint density at radius 3 is 2.26 bits per heavy atom. The second kappa shape index (κ2) is 9.76. The Bertz CT molecular complexity index is 1120. The summed E-state index contributed by atoms with van der Waals surface area (Å²) in [5, 5.41) is 3.26. The third-order valence-corrected chi connectivity index (χ3v) is 6.97. The number of fused-ring (bicyclic) bond motifs is 1. The molecule has 0 unspecified atom stereocenters. The Morgan fingerprint density at radius 2 is 1.59 bits per heavy atom. The first-order valence-electron chi connectivity index (χ1n) is 11.2. The summed E-state index contributed by atoms with van der Waals surface area (Å²) in [5.74, 6) is 2.05. The van der Waals surface area contributed by atoms with Gasteiger partial charge in [0.2, 0.25) is 0 Å². The molecule has 0 saturated carbocycles. The van der Waals surface area contributed by atoms with E-state index in [9.17, 15) is 13.2 Å². The molecule has 3 aromatic rings. The molecule has 2 aromatic carbocycles. The van der Waals surface area contributed by atoms with Gasteiger partial charge in [-0.2, -0.15) is 13.2 Å². The minimum Gasteiger partial charge on any atom is -0.486 e. The Labute approximate surface area is 200 Å². The maximum absolute atomic E-state index is 12.7. The third-order valence-electron chi connectivity index (χ3n) is 5.86. The van der Waals surface area contributed by atoms with Crippen LogP contribution in [0.4, 0.5) is 19.0 Å². The summed E-state index contributed by atoms with van der Waals surface area (Å²) in [5.41, 5.74) is 1.47. The molecule has 0 spiro atoms. The van der Waals surface area contributed by atoms with Crippen molar-refractivity contribution in [2.45, 2.75) is 30.0 Å². The molecule has 2 aliphatic rings. The number of alkyl halides is 3. The van der Waals surface area contributed by atoms with Crippen LogP contribution in [0.3, 0.4) is 0 Å². The summed E-state index contributed by atoms with van der Waals surface area (Å²) in [6.45, 7) is 2.91. The van der Waals surface area contributed by atoms with Gasteiger partial charge in [-0.15, -0.1) is 0 Å². The molecule has 1 saturated heterocycles. The van der Waals surface area contributed by atoms with Crippen LogP contribution in [0.2, 0.25) is 0 Å². The molecule has 1 N–H and O–H groups in total. The van der Waals surface area contributed by atoms with Crippen LogP contribution in [0, 0.1) is 0 Å². The number of benzene rings is 2. The monoisotopic (exact) mass is 487 g/mol. The largest absolute Gasteiger partial charge is 0.486 e. The minimum absolute atomic E-state index is 0.193. The standard InChI is InChI=1S/C25H24F3N3O2S/c26-25(27,28)19-4-8-24(29-16-19)30-20-9-11-31(12-10-20)34-21-5-1-17(2-6-21)18-3-7-22-23(15-18)33-14-13-32-22/h1-8,15-16,20H,9-14H2,(H,29,30). The van der Waals surface area contributed by atoms with E-state index in [4.69, 9.17) is 9.47 Å². The zero-order chi connectivity index (χ0) is 23.5. The highest BCUT2D eigenvalue weighted by atomic mass is 32.2. The Balaban J connectivity index is 1.12. The molecule has 1 fully saturated rings. The van der Waals surface area contributed by atoms with Crippen molar-refractivity contribution in [3.05, 3.63) is 66.4 Å². The van der Waals surface area contributed by atoms with E-state index in [-0.39, 0.29) is 6.04 Å². The second-order valence-corrected chi connectivity index (χ2v) is 9.42. The molecule has 5 rings (SSSR count). The number of rotatable bonds is 5. The Morgan fingerprint density at radius 1 is 0.882 bits per heavy atom. The fourth-order valence-corrected chi connectivity index (χ4v) is 4.98. The van der Waals surface area contributed by atoms with Gasteiger partial charge < -0.3 is 14.8 Å². The van der Waals surface area contributed by atoms with Gasteiger partial charge in [0.1, 0.15) is 19.0 Å². The van der Waals surface area contributed by atoms with Crippen LogP contribution < -0.4 is 14.8 Å². The van der Waals surface area contributed by atoms with Crippen molar-refractivity contribution in [2.24, 2.45) is 0 Å². The predicted octanol–water partition coefficient (Wildman–Crippen LogP) is 6.12. The molecule has 0 radical (unpaired) electrons. The number of anilines is 1.